The van der Waals surface area contributed by atoms with Gasteiger partial charge in [-0.25, -0.2) is 4.79 Å². The maximum atomic E-state index is 12.6. The highest BCUT2D eigenvalue weighted by molar-refractivity contribution is 5.92. The van der Waals surface area contributed by atoms with Crippen molar-refractivity contribution >= 4 is 17.6 Å². The van der Waals surface area contributed by atoms with E-state index < -0.39 is 0 Å². The van der Waals surface area contributed by atoms with Crippen LogP contribution in [0.1, 0.15) is 34.5 Å². The van der Waals surface area contributed by atoms with Crippen molar-refractivity contribution in [2.24, 2.45) is 0 Å². The van der Waals surface area contributed by atoms with Crippen molar-refractivity contribution < 1.29 is 14.3 Å². The molecule has 0 radical (unpaired) electrons. The quantitative estimate of drug-likeness (QED) is 0.664. The van der Waals surface area contributed by atoms with E-state index >= 15 is 0 Å². The van der Waals surface area contributed by atoms with Gasteiger partial charge < -0.3 is 19.9 Å². The Morgan fingerprint density at radius 1 is 0.939 bits per heavy atom. The normalized spacial score (nSPS) is 15.8. The van der Waals surface area contributed by atoms with Gasteiger partial charge in [0, 0.05) is 63.3 Å². The summed E-state index contributed by atoms with van der Waals surface area (Å²) in [4.78, 5) is 32.8. The molecule has 1 saturated heterocycles. The van der Waals surface area contributed by atoms with Crippen molar-refractivity contribution in [1.82, 2.24) is 25.0 Å². The van der Waals surface area contributed by atoms with Crippen LogP contribution in [0.15, 0.2) is 61.1 Å². The average molecular weight is 444 g/mol. The van der Waals surface area contributed by atoms with Gasteiger partial charge in [-0.15, -0.1) is 5.10 Å². The van der Waals surface area contributed by atoms with E-state index in [9.17, 15) is 9.59 Å². The predicted octanol–water partition coefficient (Wildman–Crippen LogP) is 3.10. The summed E-state index contributed by atoms with van der Waals surface area (Å²) < 4.78 is 6.10. The number of carbonyl (C=O) groups excluding carboxylic acids is 2. The Kier molecular flexibility index (Phi) is 5.84. The Hall–Kier alpha value is -4.01. The molecule has 168 valence electrons. The largest absolute Gasteiger partial charge is 0.490 e. The smallest absolute Gasteiger partial charge is 0.322 e. The van der Waals surface area contributed by atoms with Crippen LogP contribution < -0.4 is 10.1 Å². The summed E-state index contributed by atoms with van der Waals surface area (Å²) in [7, 11) is 0. The number of rotatable bonds is 4. The third-order valence-corrected chi connectivity index (χ3v) is 5.94. The molecule has 2 aliphatic rings. The van der Waals surface area contributed by atoms with Gasteiger partial charge in [-0.2, -0.15) is 5.10 Å². The van der Waals surface area contributed by atoms with E-state index in [0.717, 1.165) is 29.7 Å². The van der Waals surface area contributed by atoms with Crippen molar-refractivity contribution in [3.63, 3.8) is 0 Å². The van der Waals surface area contributed by atoms with Crippen LogP contribution in [-0.2, 0) is 13.1 Å². The van der Waals surface area contributed by atoms with E-state index in [4.69, 9.17) is 4.74 Å². The Bertz CT molecular complexity index is 1110. The Morgan fingerprint density at radius 3 is 2.45 bits per heavy atom. The summed E-state index contributed by atoms with van der Waals surface area (Å²) in [5.74, 6) is 0.644. The lowest BCUT2D eigenvalue weighted by molar-refractivity contribution is 0.0589. The van der Waals surface area contributed by atoms with Gasteiger partial charge in [0.2, 0.25) is 0 Å². The molecule has 33 heavy (non-hydrogen) atoms. The number of urea groups is 1. The van der Waals surface area contributed by atoms with Crippen molar-refractivity contribution in [2.45, 2.75) is 32.0 Å². The van der Waals surface area contributed by atoms with Crippen molar-refractivity contribution in [3.8, 4) is 5.75 Å². The van der Waals surface area contributed by atoms with Crippen molar-refractivity contribution in [2.75, 3.05) is 18.4 Å². The van der Waals surface area contributed by atoms with E-state index in [1.807, 2.05) is 36.5 Å². The fraction of sp³-hybridized carbons (Fsp3) is 0.292. The lowest BCUT2D eigenvalue weighted by Crippen LogP contribution is -2.42. The molecule has 2 aliphatic heterocycles. The molecule has 1 aromatic carbocycles. The minimum Gasteiger partial charge on any atom is -0.490 e. The molecule has 5 rings (SSSR count). The fourth-order valence-corrected chi connectivity index (χ4v) is 4.13. The molecule has 0 unspecified atom stereocenters. The number of benzene rings is 1. The van der Waals surface area contributed by atoms with E-state index in [2.05, 4.69) is 20.5 Å². The highest BCUT2D eigenvalue weighted by Crippen LogP contribution is 2.24. The number of amides is 3. The minimum absolute atomic E-state index is 0.0352. The van der Waals surface area contributed by atoms with E-state index in [0.29, 0.717) is 37.6 Å². The van der Waals surface area contributed by atoms with E-state index in [1.165, 1.54) is 0 Å². The van der Waals surface area contributed by atoms with Gasteiger partial charge in [-0.1, -0.05) is 0 Å². The predicted molar refractivity (Wildman–Crippen MR) is 121 cm³/mol. The number of aromatic nitrogens is 3. The molecule has 0 atom stereocenters. The Balaban J connectivity index is 1.10. The van der Waals surface area contributed by atoms with Gasteiger partial charge in [0.15, 0.2) is 5.69 Å². The molecule has 0 saturated carbocycles. The first kappa shape index (κ1) is 20.9. The second-order valence-electron chi connectivity index (χ2n) is 8.17. The highest BCUT2D eigenvalue weighted by Gasteiger charge is 2.26. The zero-order chi connectivity index (χ0) is 22.6. The number of likely N-dealkylation sites (tertiary alicyclic amines) is 1. The number of hydrogen-bond donors (Lipinski definition) is 1. The molecule has 1 fully saturated rings. The summed E-state index contributed by atoms with van der Waals surface area (Å²) >= 11 is 0. The number of nitrogens with one attached hydrogen (secondary N) is 1. The average Bonchev–Trinajstić information content (AvgIpc) is 3.31. The molecule has 1 N–H and O–H groups in total. The molecule has 3 amide bonds. The molecular formula is C24H24N6O3. The third kappa shape index (κ3) is 4.77. The van der Waals surface area contributed by atoms with Gasteiger partial charge in [0.25, 0.3) is 5.91 Å². The zero-order valence-corrected chi connectivity index (χ0v) is 18.1. The standard InChI is InChI=1S/C24H24N6O3/c31-23(22-2-1-10-26-28-22)29-12-8-21(9-13-29)33-20-5-3-19(4-6-20)27-24(32)30-15-17-7-11-25-14-18(17)16-30/h1-7,10-11,14,21H,8-9,12-13,15-16H2,(H,27,32). The monoisotopic (exact) mass is 444 g/mol. The lowest BCUT2D eigenvalue weighted by Gasteiger charge is -2.32. The third-order valence-electron chi connectivity index (χ3n) is 5.94. The number of pyridine rings is 1. The second-order valence-corrected chi connectivity index (χ2v) is 8.17. The van der Waals surface area contributed by atoms with Crippen molar-refractivity contribution in [1.29, 1.82) is 0 Å². The van der Waals surface area contributed by atoms with Gasteiger partial charge in [-0.3, -0.25) is 9.78 Å². The fourth-order valence-electron chi connectivity index (χ4n) is 4.13. The summed E-state index contributed by atoms with van der Waals surface area (Å²) in [6, 6.07) is 12.6. The lowest BCUT2D eigenvalue weighted by atomic mass is 10.1. The summed E-state index contributed by atoms with van der Waals surface area (Å²) in [6.07, 6.45) is 6.64. The SMILES string of the molecule is O=C(Nc1ccc(OC2CCN(C(=O)c3cccnn3)CC2)cc1)N1Cc2ccncc2C1. The van der Waals surface area contributed by atoms with E-state index in [-0.39, 0.29) is 18.0 Å². The first-order valence-electron chi connectivity index (χ1n) is 11.0. The second kappa shape index (κ2) is 9.23. The first-order chi connectivity index (χ1) is 16.2. The number of ether oxygens (including phenoxy) is 1. The number of nitrogens with zero attached hydrogens (tertiary/aromatic N) is 5. The number of anilines is 1. The van der Waals surface area contributed by atoms with Crippen LogP contribution in [-0.4, -0.2) is 56.1 Å². The molecule has 0 bridgehead atoms. The van der Waals surface area contributed by atoms with Crippen LogP contribution >= 0.6 is 0 Å². The van der Waals surface area contributed by atoms with Crippen molar-refractivity contribution in [3.05, 3.63) is 77.9 Å². The summed E-state index contributed by atoms with van der Waals surface area (Å²) in [5.41, 5.74) is 3.30. The summed E-state index contributed by atoms with van der Waals surface area (Å²) in [6.45, 7) is 2.38. The van der Waals surface area contributed by atoms with E-state index in [1.54, 1.807) is 34.3 Å². The highest BCUT2D eigenvalue weighted by atomic mass is 16.5. The Morgan fingerprint density at radius 2 is 1.73 bits per heavy atom. The molecule has 2 aromatic heterocycles. The summed E-state index contributed by atoms with van der Waals surface area (Å²) in [5, 5.41) is 10.6. The van der Waals surface area contributed by atoms with Gasteiger partial charge in [-0.05, 0) is 53.6 Å². The number of carbonyl (C=O) groups is 2. The van der Waals surface area contributed by atoms with Crippen LogP contribution in [0.25, 0.3) is 0 Å². The van der Waals surface area contributed by atoms with Crippen LogP contribution in [0.4, 0.5) is 10.5 Å². The maximum Gasteiger partial charge on any atom is 0.322 e. The van der Waals surface area contributed by atoms with Crippen LogP contribution in [0.2, 0.25) is 0 Å². The molecule has 3 aromatic rings. The Labute approximate surface area is 191 Å². The van der Waals surface area contributed by atoms with Gasteiger partial charge >= 0.3 is 6.03 Å². The molecule has 9 heteroatoms. The minimum atomic E-state index is -0.139. The van der Waals surface area contributed by atoms with Crippen LogP contribution in [0, 0.1) is 0 Å². The van der Waals surface area contributed by atoms with Crippen LogP contribution in [0.5, 0.6) is 5.75 Å². The van der Waals surface area contributed by atoms with Gasteiger partial charge in [0.1, 0.15) is 11.9 Å². The number of hydrogen-bond acceptors (Lipinski definition) is 6. The zero-order valence-electron chi connectivity index (χ0n) is 18.1. The topological polar surface area (TPSA) is 101 Å². The first-order valence-corrected chi connectivity index (χ1v) is 11.0. The number of fused-ring (bicyclic) bond motifs is 1. The van der Waals surface area contributed by atoms with Crippen LogP contribution in [0.3, 0.4) is 0 Å². The molecule has 0 aliphatic carbocycles. The molecular weight excluding hydrogens is 420 g/mol. The maximum absolute atomic E-state index is 12.6. The van der Waals surface area contributed by atoms with Gasteiger partial charge in [0.05, 0.1) is 0 Å². The molecule has 9 nitrogen and oxygen atoms in total. The number of piperidine rings is 1. The molecule has 0 spiro atoms. The molecule has 4 heterocycles.